The van der Waals surface area contributed by atoms with Crippen LogP contribution >= 0.6 is 0 Å². The van der Waals surface area contributed by atoms with Crippen molar-refractivity contribution in [3.63, 3.8) is 0 Å². The number of hydrogen-bond acceptors (Lipinski definition) is 3. The van der Waals surface area contributed by atoms with Gasteiger partial charge >= 0.3 is 0 Å². The molecule has 0 radical (unpaired) electrons. The van der Waals surface area contributed by atoms with Crippen LogP contribution in [0.3, 0.4) is 0 Å². The van der Waals surface area contributed by atoms with Gasteiger partial charge in [0, 0.05) is 11.3 Å². The van der Waals surface area contributed by atoms with Crippen LogP contribution < -0.4 is 5.32 Å². The van der Waals surface area contributed by atoms with E-state index < -0.39 is 16.7 Å². The summed E-state index contributed by atoms with van der Waals surface area (Å²) in [5.41, 5.74) is 1.94. The van der Waals surface area contributed by atoms with Gasteiger partial charge in [-0.1, -0.05) is 42.5 Å². The lowest BCUT2D eigenvalue weighted by molar-refractivity contribution is -0.112. The molecule has 1 aliphatic rings. The van der Waals surface area contributed by atoms with Gasteiger partial charge in [-0.2, -0.15) is 0 Å². The Morgan fingerprint density at radius 3 is 2.48 bits per heavy atom. The standard InChI is InChI=1S/C16H13NO3S/c18-14-13-9-5-4-6-11(13)10-21(20)15(14)16(19)17-12-7-2-1-3-8-12/h1-9,18H,10H2,(H,17,19). The molecule has 2 aromatic rings. The molecule has 21 heavy (non-hydrogen) atoms. The van der Waals surface area contributed by atoms with E-state index in [0.29, 0.717) is 11.3 Å². The number of benzene rings is 2. The highest BCUT2D eigenvalue weighted by atomic mass is 32.2. The molecule has 1 atom stereocenters. The molecule has 0 saturated carbocycles. The minimum atomic E-state index is -1.56. The first-order chi connectivity index (χ1) is 10.2. The van der Waals surface area contributed by atoms with Gasteiger partial charge in [0.15, 0.2) is 0 Å². The predicted molar refractivity (Wildman–Crippen MR) is 82.9 cm³/mol. The van der Waals surface area contributed by atoms with Crippen molar-refractivity contribution in [3.05, 3.63) is 70.6 Å². The van der Waals surface area contributed by atoms with Crippen LogP contribution in [0.25, 0.3) is 5.76 Å². The van der Waals surface area contributed by atoms with Crippen molar-refractivity contribution < 1.29 is 14.1 Å². The van der Waals surface area contributed by atoms with Gasteiger partial charge < -0.3 is 10.4 Å². The molecule has 1 heterocycles. The highest BCUT2D eigenvalue weighted by Crippen LogP contribution is 2.30. The second kappa shape index (κ2) is 5.54. The number of hydrogen-bond donors (Lipinski definition) is 2. The number of carbonyl (C=O) groups is 1. The number of anilines is 1. The van der Waals surface area contributed by atoms with Gasteiger partial charge in [-0.15, -0.1) is 0 Å². The quantitative estimate of drug-likeness (QED) is 0.896. The average molecular weight is 299 g/mol. The van der Waals surface area contributed by atoms with Crippen LogP contribution in [0.4, 0.5) is 5.69 Å². The summed E-state index contributed by atoms with van der Waals surface area (Å²) in [6.45, 7) is 0. The van der Waals surface area contributed by atoms with Crippen molar-refractivity contribution in [3.8, 4) is 0 Å². The van der Waals surface area contributed by atoms with Crippen LogP contribution in [0.5, 0.6) is 0 Å². The molecule has 2 N–H and O–H groups in total. The lowest BCUT2D eigenvalue weighted by atomic mass is 10.1. The number of nitrogens with one attached hydrogen (secondary N) is 1. The zero-order valence-corrected chi connectivity index (χ0v) is 11.9. The summed E-state index contributed by atoms with van der Waals surface area (Å²) >= 11 is 0. The highest BCUT2D eigenvalue weighted by molar-refractivity contribution is 7.89. The van der Waals surface area contributed by atoms with E-state index in [9.17, 15) is 14.1 Å². The van der Waals surface area contributed by atoms with E-state index in [1.165, 1.54) is 0 Å². The Kier molecular flexibility index (Phi) is 3.58. The third kappa shape index (κ3) is 2.60. The zero-order valence-electron chi connectivity index (χ0n) is 11.1. The molecule has 2 aromatic carbocycles. The first-order valence-electron chi connectivity index (χ1n) is 6.43. The van der Waals surface area contributed by atoms with Gasteiger partial charge in [-0.05, 0) is 17.7 Å². The monoisotopic (exact) mass is 299 g/mol. The number of rotatable bonds is 2. The molecule has 106 valence electrons. The molecule has 1 unspecified atom stereocenters. The van der Waals surface area contributed by atoms with Gasteiger partial charge in [0.05, 0.1) is 16.6 Å². The maximum absolute atomic E-state index is 12.3. The molecule has 0 fully saturated rings. The van der Waals surface area contributed by atoms with E-state index in [1.54, 1.807) is 42.5 Å². The van der Waals surface area contributed by atoms with E-state index >= 15 is 0 Å². The molecular formula is C16H13NO3S. The lowest BCUT2D eigenvalue weighted by Gasteiger charge is -2.18. The largest absolute Gasteiger partial charge is 0.506 e. The number of amides is 1. The molecule has 0 aromatic heterocycles. The van der Waals surface area contributed by atoms with Crippen LogP contribution in [0.2, 0.25) is 0 Å². The summed E-state index contributed by atoms with van der Waals surface area (Å²) < 4.78 is 12.2. The molecule has 0 saturated heterocycles. The molecule has 4 nitrogen and oxygen atoms in total. The van der Waals surface area contributed by atoms with Crippen LogP contribution in [-0.2, 0) is 21.3 Å². The summed E-state index contributed by atoms with van der Waals surface area (Å²) in [5, 5.41) is 12.9. The number of aliphatic hydroxyl groups is 1. The lowest BCUT2D eigenvalue weighted by Crippen LogP contribution is -2.23. The highest BCUT2D eigenvalue weighted by Gasteiger charge is 2.29. The third-order valence-corrected chi connectivity index (χ3v) is 4.65. The van der Waals surface area contributed by atoms with E-state index in [2.05, 4.69) is 5.32 Å². The minimum Gasteiger partial charge on any atom is -0.506 e. The van der Waals surface area contributed by atoms with Gasteiger partial charge in [-0.25, -0.2) is 0 Å². The van der Waals surface area contributed by atoms with Gasteiger partial charge in [0.2, 0.25) is 0 Å². The molecule has 1 aliphatic heterocycles. The molecule has 3 rings (SSSR count). The predicted octanol–water partition coefficient (Wildman–Crippen LogP) is 2.81. The first-order valence-corrected chi connectivity index (χ1v) is 7.75. The van der Waals surface area contributed by atoms with Crippen molar-refractivity contribution in [1.82, 2.24) is 0 Å². The Morgan fingerprint density at radius 2 is 1.71 bits per heavy atom. The number of carbonyl (C=O) groups excluding carboxylic acids is 1. The Morgan fingerprint density at radius 1 is 1.05 bits per heavy atom. The van der Waals surface area contributed by atoms with E-state index in [1.807, 2.05) is 12.1 Å². The summed E-state index contributed by atoms with van der Waals surface area (Å²) in [6.07, 6.45) is 0. The SMILES string of the molecule is O=C(Nc1ccccc1)C1=C(O)c2ccccc2CS1=O. The maximum atomic E-state index is 12.3. The topological polar surface area (TPSA) is 66.4 Å². The molecule has 0 spiro atoms. The zero-order chi connectivity index (χ0) is 14.8. The van der Waals surface area contributed by atoms with Crippen molar-refractivity contribution >= 4 is 28.2 Å². The Hall–Kier alpha value is -2.40. The van der Waals surface area contributed by atoms with Crippen LogP contribution in [-0.4, -0.2) is 15.2 Å². The van der Waals surface area contributed by atoms with Gasteiger partial charge in [0.25, 0.3) is 5.91 Å². The number of fused-ring (bicyclic) bond motifs is 1. The average Bonchev–Trinajstić information content (AvgIpc) is 2.48. The second-order valence-electron chi connectivity index (χ2n) is 4.64. The van der Waals surface area contributed by atoms with Crippen LogP contribution in [0.15, 0.2) is 59.5 Å². The normalized spacial score (nSPS) is 17.2. The van der Waals surface area contributed by atoms with Crippen molar-refractivity contribution in [2.24, 2.45) is 0 Å². The third-order valence-electron chi connectivity index (χ3n) is 3.24. The van der Waals surface area contributed by atoms with Crippen LogP contribution in [0.1, 0.15) is 11.1 Å². The Bertz CT molecular complexity index is 753. The summed E-state index contributed by atoms with van der Waals surface area (Å²) in [7, 11) is -1.56. The number of aliphatic hydroxyl groups excluding tert-OH is 1. The smallest absolute Gasteiger partial charge is 0.268 e. The Labute approximate surface area is 124 Å². The molecule has 0 aliphatic carbocycles. The maximum Gasteiger partial charge on any atom is 0.268 e. The summed E-state index contributed by atoms with van der Waals surface area (Å²) in [5.74, 6) is -0.507. The fraction of sp³-hybridized carbons (Fsp3) is 0.0625. The summed E-state index contributed by atoms with van der Waals surface area (Å²) in [6, 6.07) is 16.0. The van der Waals surface area contributed by atoms with Crippen molar-refractivity contribution in [2.45, 2.75) is 5.75 Å². The molecule has 1 amide bonds. The number of para-hydroxylation sites is 1. The van der Waals surface area contributed by atoms with Gasteiger partial charge in [0.1, 0.15) is 10.7 Å². The fourth-order valence-corrected chi connectivity index (χ4v) is 3.50. The van der Waals surface area contributed by atoms with E-state index in [-0.39, 0.29) is 16.4 Å². The Balaban J connectivity index is 1.97. The van der Waals surface area contributed by atoms with Gasteiger partial charge in [-0.3, -0.25) is 9.00 Å². The van der Waals surface area contributed by atoms with E-state index in [0.717, 1.165) is 5.56 Å². The fourth-order valence-electron chi connectivity index (χ4n) is 2.24. The molecule has 5 heteroatoms. The molecule has 0 bridgehead atoms. The molecular weight excluding hydrogens is 286 g/mol. The van der Waals surface area contributed by atoms with Crippen molar-refractivity contribution in [2.75, 3.05) is 5.32 Å². The second-order valence-corrected chi connectivity index (χ2v) is 6.03. The van der Waals surface area contributed by atoms with Crippen molar-refractivity contribution in [1.29, 1.82) is 0 Å². The minimum absolute atomic E-state index is 0.0717. The first kappa shape index (κ1) is 13.6. The summed E-state index contributed by atoms with van der Waals surface area (Å²) in [4.78, 5) is 12.2. The van der Waals surface area contributed by atoms with E-state index in [4.69, 9.17) is 0 Å². The van der Waals surface area contributed by atoms with Crippen LogP contribution in [0, 0.1) is 0 Å².